The maximum Gasteiger partial charge on any atom is 0.285 e. The Hall–Kier alpha value is -4.53. The largest absolute Gasteiger partial charge is 0.508 e. The van der Waals surface area contributed by atoms with Crippen LogP contribution in [0.3, 0.4) is 0 Å². The third-order valence-corrected chi connectivity index (χ3v) is 5.38. The van der Waals surface area contributed by atoms with E-state index in [-0.39, 0.29) is 23.0 Å². The predicted molar refractivity (Wildman–Crippen MR) is 128 cm³/mol. The topological polar surface area (TPSA) is 117 Å². The second kappa shape index (κ2) is 10.2. The zero-order chi connectivity index (χ0) is 24.9. The fourth-order valence-electron chi connectivity index (χ4n) is 3.82. The Bertz CT molecular complexity index is 1250. The zero-order valence-corrected chi connectivity index (χ0v) is 19.2. The number of rotatable bonds is 8. The van der Waals surface area contributed by atoms with Crippen LogP contribution in [0.25, 0.3) is 0 Å². The predicted octanol–water partition coefficient (Wildman–Crippen LogP) is 3.43. The fourth-order valence-corrected chi connectivity index (χ4v) is 3.82. The molecule has 3 N–H and O–H groups in total. The number of aromatic hydroxyl groups is 1. The highest BCUT2D eigenvalue weighted by atomic mass is 16.5. The van der Waals surface area contributed by atoms with Gasteiger partial charge in [-0.05, 0) is 37.3 Å². The van der Waals surface area contributed by atoms with Crippen molar-refractivity contribution in [3.63, 3.8) is 0 Å². The lowest BCUT2D eigenvalue weighted by atomic mass is 9.91. The number of nitrogens with zero attached hydrogens (tertiary/aromatic N) is 1. The molecule has 1 saturated heterocycles. The van der Waals surface area contributed by atoms with E-state index < -0.39 is 24.0 Å². The van der Waals surface area contributed by atoms with Crippen LogP contribution in [0.15, 0.2) is 72.8 Å². The molecule has 0 bridgehead atoms. The summed E-state index contributed by atoms with van der Waals surface area (Å²) in [5.74, 6) is -0.603. The Morgan fingerprint density at radius 2 is 1.74 bits per heavy atom. The Labute approximate surface area is 202 Å². The van der Waals surface area contributed by atoms with Crippen molar-refractivity contribution >= 4 is 23.4 Å². The number of ether oxygens (including phenoxy) is 2. The minimum Gasteiger partial charge on any atom is -0.508 e. The van der Waals surface area contributed by atoms with Crippen LogP contribution in [0.1, 0.15) is 35.8 Å². The van der Waals surface area contributed by atoms with Crippen molar-refractivity contribution in [2.75, 3.05) is 11.9 Å². The summed E-state index contributed by atoms with van der Waals surface area (Å²) in [4.78, 5) is 37.6. The van der Waals surface area contributed by atoms with E-state index in [2.05, 4.69) is 10.7 Å². The lowest BCUT2D eigenvalue weighted by Crippen LogP contribution is -2.67. The van der Waals surface area contributed by atoms with E-state index in [1.54, 1.807) is 61.5 Å². The summed E-state index contributed by atoms with van der Waals surface area (Å²) in [7, 11) is 0. The number of hydrogen-bond acceptors (Lipinski definition) is 6. The van der Waals surface area contributed by atoms with Gasteiger partial charge in [0.1, 0.15) is 23.3 Å². The van der Waals surface area contributed by atoms with Crippen molar-refractivity contribution in [2.45, 2.75) is 26.0 Å². The van der Waals surface area contributed by atoms with E-state index in [9.17, 15) is 19.5 Å². The molecule has 3 amide bonds. The molecule has 1 fully saturated rings. The summed E-state index contributed by atoms with van der Waals surface area (Å²) in [5.41, 5.74) is 3.70. The number of β-lactam (4-membered cyclic amide) rings is 1. The monoisotopic (exact) mass is 475 g/mol. The second-order valence-corrected chi connectivity index (χ2v) is 7.83. The van der Waals surface area contributed by atoms with Crippen LogP contribution < -0.4 is 20.2 Å². The van der Waals surface area contributed by atoms with Crippen LogP contribution in [0, 0.1) is 0 Å². The lowest BCUT2D eigenvalue weighted by Gasteiger charge is -2.46. The Morgan fingerprint density at radius 3 is 2.43 bits per heavy atom. The molecular weight excluding hydrogens is 450 g/mol. The molecule has 3 aromatic carbocycles. The molecule has 9 heteroatoms. The molecule has 9 nitrogen and oxygen atoms in total. The van der Waals surface area contributed by atoms with Crippen LogP contribution in [0.2, 0.25) is 0 Å². The first kappa shape index (κ1) is 23.6. The molecular formula is C26H25N3O6. The van der Waals surface area contributed by atoms with Gasteiger partial charge < -0.3 is 19.9 Å². The first-order chi connectivity index (χ1) is 16.9. The normalized spacial score (nSPS) is 16.7. The minimum absolute atomic E-state index is 0.0272. The highest BCUT2D eigenvalue weighted by Gasteiger charge is 2.52. The van der Waals surface area contributed by atoms with Crippen molar-refractivity contribution in [3.8, 4) is 17.2 Å². The molecule has 0 aliphatic carbocycles. The molecule has 1 aliphatic rings. The SMILES string of the molecule is CCOc1cc(NC(C)=O)ccc1C(=O)NN1C(=O)C(Oc2ccccc2)C1c1ccccc1O. The van der Waals surface area contributed by atoms with E-state index in [0.29, 0.717) is 23.6 Å². The number of hydrazine groups is 1. The minimum atomic E-state index is -0.945. The van der Waals surface area contributed by atoms with Crippen molar-refractivity contribution in [1.29, 1.82) is 0 Å². The van der Waals surface area contributed by atoms with Gasteiger partial charge in [-0.3, -0.25) is 19.8 Å². The molecule has 2 unspecified atom stereocenters. The van der Waals surface area contributed by atoms with Gasteiger partial charge in [-0.2, -0.15) is 0 Å². The quantitative estimate of drug-likeness (QED) is 0.430. The number of carbonyl (C=O) groups is 3. The van der Waals surface area contributed by atoms with Gasteiger partial charge in [-0.1, -0.05) is 36.4 Å². The van der Waals surface area contributed by atoms with Gasteiger partial charge in [-0.25, -0.2) is 5.01 Å². The van der Waals surface area contributed by atoms with E-state index >= 15 is 0 Å². The number of amides is 3. The van der Waals surface area contributed by atoms with Crippen LogP contribution in [0.4, 0.5) is 5.69 Å². The third kappa shape index (κ3) is 5.03. The number of para-hydroxylation sites is 2. The van der Waals surface area contributed by atoms with E-state index in [0.717, 1.165) is 5.01 Å². The molecule has 0 spiro atoms. The Kier molecular flexibility index (Phi) is 6.86. The summed E-state index contributed by atoms with van der Waals surface area (Å²) >= 11 is 0. The van der Waals surface area contributed by atoms with Gasteiger partial charge in [0.05, 0.1) is 12.2 Å². The van der Waals surface area contributed by atoms with E-state index in [1.807, 2.05) is 6.07 Å². The highest BCUT2D eigenvalue weighted by Crippen LogP contribution is 2.40. The first-order valence-corrected chi connectivity index (χ1v) is 11.1. The number of phenolic OH excluding ortho intramolecular Hbond substituents is 1. The standard InChI is InChI=1S/C26H25N3O6/c1-3-34-22-15-17(27-16(2)30)13-14-20(22)25(32)28-29-23(19-11-7-8-12-21(19)31)24(26(29)33)35-18-9-5-4-6-10-18/h4-15,23-24,31H,3H2,1-2H3,(H,27,30)(H,28,32). The summed E-state index contributed by atoms with van der Waals surface area (Å²) < 4.78 is 11.5. The van der Waals surface area contributed by atoms with Crippen molar-refractivity contribution in [3.05, 3.63) is 83.9 Å². The van der Waals surface area contributed by atoms with Crippen molar-refractivity contribution in [2.24, 2.45) is 0 Å². The number of anilines is 1. The van der Waals surface area contributed by atoms with E-state index in [1.165, 1.54) is 19.1 Å². The van der Waals surface area contributed by atoms with Crippen molar-refractivity contribution < 1.29 is 29.0 Å². The average molecular weight is 476 g/mol. The van der Waals surface area contributed by atoms with Crippen LogP contribution in [-0.2, 0) is 9.59 Å². The number of hydrogen-bond donors (Lipinski definition) is 3. The summed E-state index contributed by atoms with van der Waals surface area (Å²) in [6.07, 6.45) is -0.945. The molecule has 180 valence electrons. The highest BCUT2D eigenvalue weighted by molar-refractivity contribution is 6.00. The zero-order valence-electron chi connectivity index (χ0n) is 19.2. The van der Waals surface area contributed by atoms with Crippen LogP contribution in [0.5, 0.6) is 17.2 Å². The van der Waals surface area contributed by atoms with Gasteiger partial charge in [0.2, 0.25) is 12.0 Å². The Morgan fingerprint density at radius 1 is 1.03 bits per heavy atom. The van der Waals surface area contributed by atoms with Crippen molar-refractivity contribution in [1.82, 2.24) is 10.4 Å². The molecule has 3 aromatic rings. The molecule has 0 radical (unpaired) electrons. The van der Waals surface area contributed by atoms with Gasteiger partial charge in [0.15, 0.2) is 0 Å². The third-order valence-electron chi connectivity index (χ3n) is 5.38. The van der Waals surface area contributed by atoms with Crippen LogP contribution >= 0.6 is 0 Å². The number of carbonyl (C=O) groups excluding carboxylic acids is 3. The summed E-state index contributed by atoms with van der Waals surface area (Å²) in [6.45, 7) is 3.44. The van der Waals surface area contributed by atoms with Gasteiger partial charge >= 0.3 is 0 Å². The average Bonchev–Trinajstić information content (AvgIpc) is 2.84. The smallest absolute Gasteiger partial charge is 0.285 e. The summed E-state index contributed by atoms with van der Waals surface area (Å²) in [6, 6.07) is 19.3. The Balaban J connectivity index is 1.61. The van der Waals surface area contributed by atoms with Gasteiger partial charge in [-0.15, -0.1) is 0 Å². The number of nitrogens with one attached hydrogen (secondary N) is 2. The first-order valence-electron chi connectivity index (χ1n) is 11.1. The molecule has 0 saturated carbocycles. The molecule has 35 heavy (non-hydrogen) atoms. The molecule has 1 aliphatic heterocycles. The fraction of sp³-hybridized carbons (Fsp3) is 0.192. The van der Waals surface area contributed by atoms with E-state index in [4.69, 9.17) is 9.47 Å². The van der Waals surface area contributed by atoms with Gasteiger partial charge in [0.25, 0.3) is 11.8 Å². The van der Waals surface area contributed by atoms with Gasteiger partial charge in [0, 0.05) is 24.2 Å². The number of benzene rings is 3. The maximum atomic E-state index is 13.2. The molecule has 0 aromatic heterocycles. The maximum absolute atomic E-state index is 13.2. The second-order valence-electron chi connectivity index (χ2n) is 7.83. The molecule has 4 rings (SSSR count). The summed E-state index contributed by atoms with van der Waals surface area (Å²) in [5, 5.41) is 14.2. The van der Waals surface area contributed by atoms with Crippen LogP contribution in [-0.4, -0.2) is 40.5 Å². The molecule has 2 atom stereocenters. The number of phenols is 1. The lowest BCUT2D eigenvalue weighted by molar-refractivity contribution is -0.169. The molecule has 1 heterocycles.